The Hall–Kier alpha value is -6.95. The number of rotatable bonds is 3. The molecule has 0 spiro atoms. The van der Waals surface area contributed by atoms with Crippen LogP contribution in [0, 0.1) is 11.3 Å². The van der Waals surface area contributed by atoms with E-state index in [1.807, 2.05) is 24.3 Å². The second kappa shape index (κ2) is 10.5. The fraction of sp³-hybridized carbons (Fsp3) is 0. The van der Waals surface area contributed by atoms with Gasteiger partial charge in [-0.15, -0.1) is 0 Å². The van der Waals surface area contributed by atoms with E-state index >= 15 is 0 Å². The number of fused-ring (bicyclic) bond motifs is 3. The van der Waals surface area contributed by atoms with E-state index in [1.165, 1.54) is 70.9 Å². The van der Waals surface area contributed by atoms with Gasteiger partial charge in [0.2, 0.25) is 0 Å². The lowest BCUT2D eigenvalue weighted by atomic mass is 9.86. The van der Waals surface area contributed by atoms with Gasteiger partial charge < -0.3 is 4.74 Å². The van der Waals surface area contributed by atoms with E-state index in [0.29, 0.717) is 5.56 Å². The van der Waals surface area contributed by atoms with Crippen molar-refractivity contribution in [3.8, 4) is 62.1 Å². The second-order valence-electron chi connectivity index (χ2n) is 13.6. The minimum absolute atomic E-state index is 0.594. The van der Waals surface area contributed by atoms with Gasteiger partial charge in [0.05, 0.1) is 11.6 Å². The van der Waals surface area contributed by atoms with Crippen LogP contribution in [0.4, 0.5) is 0 Å². The van der Waals surface area contributed by atoms with Gasteiger partial charge in [-0.1, -0.05) is 133 Å². The van der Waals surface area contributed by atoms with Gasteiger partial charge in [-0.25, -0.2) is 0 Å². The van der Waals surface area contributed by atoms with Crippen LogP contribution in [0.15, 0.2) is 164 Å². The zero-order valence-corrected chi connectivity index (χ0v) is 27.4. The SMILES string of the molecule is N#Cc1ccc2c(c1)Oc1cccc3c(-c4ccc(-c5ccc6ccc7c(-c8ccc9ccccc9c8)ccc8ccc5c6c87)cc4)ccc-2c13. The Morgan fingerprint density at radius 1 is 0.353 bits per heavy atom. The van der Waals surface area contributed by atoms with E-state index in [4.69, 9.17) is 4.74 Å². The largest absolute Gasteiger partial charge is 0.456 e. The Balaban J connectivity index is 1.03. The Morgan fingerprint density at radius 2 is 0.902 bits per heavy atom. The van der Waals surface area contributed by atoms with Crippen LogP contribution in [-0.2, 0) is 0 Å². The minimum Gasteiger partial charge on any atom is -0.456 e. The molecule has 0 unspecified atom stereocenters. The van der Waals surface area contributed by atoms with Crippen LogP contribution in [-0.4, -0.2) is 0 Å². The summed E-state index contributed by atoms with van der Waals surface area (Å²) in [6.45, 7) is 0. The third kappa shape index (κ3) is 4.10. The Bertz CT molecular complexity index is 3110. The van der Waals surface area contributed by atoms with Gasteiger partial charge in [0, 0.05) is 10.9 Å². The van der Waals surface area contributed by atoms with Crippen LogP contribution in [0.3, 0.4) is 0 Å². The zero-order chi connectivity index (χ0) is 33.6. The van der Waals surface area contributed by atoms with Gasteiger partial charge >= 0.3 is 0 Å². The van der Waals surface area contributed by atoms with Crippen LogP contribution < -0.4 is 4.74 Å². The molecule has 0 N–H and O–H groups in total. The molecule has 1 aliphatic rings. The summed E-state index contributed by atoms with van der Waals surface area (Å²) >= 11 is 0. The molecule has 234 valence electrons. The molecule has 0 aromatic heterocycles. The average Bonchev–Trinajstić information content (AvgIpc) is 3.19. The molecule has 1 heterocycles. The molecule has 0 saturated carbocycles. The summed E-state index contributed by atoms with van der Waals surface area (Å²) in [5.74, 6) is 1.55. The summed E-state index contributed by atoms with van der Waals surface area (Å²) in [6.07, 6.45) is 0. The molecule has 10 aromatic rings. The van der Waals surface area contributed by atoms with E-state index < -0.39 is 0 Å². The van der Waals surface area contributed by atoms with Gasteiger partial charge in [-0.3, -0.25) is 0 Å². The summed E-state index contributed by atoms with van der Waals surface area (Å²) in [4.78, 5) is 0. The van der Waals surface area contributed by atoms with Crippen molar-refractivity contribution in [2.75, 3.05) is 0 Å². The first-order valence-corrected chi connectivity index (χ1v) is 17.3. The summed E-state index contributed by atoms with van der Waals surface area (Å²) in [5, 5.41) is 21.9. The third-order valence-corrected chi connectivity index (χ3v) is 10.9. The smallest absolute Gasteiger partial charge is 0.136 e. The van der Waals surface area contributed by atoms with Crippen molar-refractivity contribution in [3.05, 3.63) is 169 Å². The van der Waals surface area contributed by atoms with E-state index in [2.05, 4.69) is 146 Å². The lowest BCUT2D eigenvalue weighted by Crippen LogP contribution is -1.98. The molecule has 2 heteroatoms. The highest BCUT2D eigenvalue weighted by atomic mass is 16.5. The van der Waals surface area contributed by atoms with Crippen molar-refractivity contribution in [2.24, 2.45) is 0 Å². The molecule has 10 aromatic carbocycles. The van der Waals surface area contributed by atoms with Gasteiger partial charge in [-0.05, 0) is 118 Å². The number of nitrogens with zero attached hydrogens (tertiary/aromatic N) is 1. The van der Waals surface area contributed by atoms with E-state index in [9.17, 15) is 5.26 Å². The van der Waals surface area contributed by atoms with E-state index in [-0.39, 0.29) is 0 Å². The molecule has 0 amide bonds. The summed E-state index contributed by atoms with van der Waals surface area (Å²) in [7, 11) is 0. The zero-order valence-electron chi connectivity index (χ0n) is 27.4. The van der Waals surface area contributed by atoms with Crippen molar-refractivity contribution in [1.82, 2.24) is 0 Å². The normalized spacial score (nSPS) is 12.1. The summed E-state index contributed by atoms with van der Waals surface area (Å²) < 4.78 is 6.35. The molecular formula is C49H27NO. The molecule has 0 saturated heterocycles. The van der Waals surface area contributed by atoms with Crippen LogP contribution >= 0.6 is 0 Å². The lowest BCUT2D eigenvalue weighted by molar-refractivity contribution is 0.487. The highest BCUT2D eigenvalue weighted by Crippen LogP contribution is 2.49. The maximum absolute atomic E-state index is 9.43. The monoisotopic (exact) mass is 645 g/mol. The lowest BCUT2D eigenvalue weighted by Gasteiger charge is -2.22. The first-order valence-electron chi connectivity index (χ1n) is 17.3. The molecule has 11 rings (SSSR count). The molecule has 0 aliphatic carbocycles. The molecule has 0 atom stereocenters. The Morgan fingerprint density at radius 3 is 1.61 bits per heavy atom. The van der Waals surface area contributed by atoms with Crippen LogP contribution in [0.25, 0.3) is 98.4 Å². The first-order chi connectivity index (χ1) is 25.2. The van der Waals surface area contributed by atoms with Gasteiger partial charge in [0.1, 0.15) is 11.5 Å². The fourth-order valence-electron chi connectivity index (χ4n) is 8.44. The third-order valence-electron chi connectivity index (χ3n) is 10.9. The summed E-state index contributed by atoms with van der Waals surface area (Å²) in [6, 6.07) is 61.2. The van der Waals surface area contributed by atoms with Crippen LogP contribution in [0.1, 0.15) is 5.56 Å². The van der Waals surface area contributed by atoms with Crippen LogP contribution in [0.2, 0.25) is 0 Å². The molecule has 0 radical (unpaired) electrons. The summed E-state index contributed by atoms with van der Waals surface area (Å²) in [5.41, 5.74) is 9.99. The Labute approximate surface area is 294 Å². The maximum atomic E-state index is 9.43. The topological polar surface area (TPSA) is 33.0 Å². The molecule has 1 aliphatic heterocycles. The molecule has 0 bridgehead atoms. The predicted octanol–water partition coefficient (Wildman–Crippen LogP) is 13.5. The highest BCUT2D eigenvalue weighted by molar-refractivity contribution is 6.27. The quantitative estimate of drug-likeness (QED) is 0.179. The second-order valence-corrected chi connectivity index (χ2v) is 13.6. The van der Waals surface area contributed by atoms with Crippen molar-refractivity contribution in [3.63, 3.8) is 0 Å². The van der Waals surface area contributed by atoms with E-state index in [1.54, 1.807) is 0 Å². The standard InChI is InChI=1S/C49H27NO/c50-28-29-8-19-40-44-25-24-38(41-6-3-7-45(49(41)44)51-46(40)26-29)32-12-10-31(11-13-32)37-20-15-33-18-23-43-39(21-16-34-17-22-42(37)47(33)48(34)43)36-14-9-30-4-1-2-5-35(30)27-36/h1-27H. The molecule has 2 nitrogen and oxygen atoms in total. The van der Waals surface area contributed by atoms with E-state index in [0.717, 1.165) is 39.0 Å². The van der Waals surface area contributed by atoms with Crippen molar-refractivity contribution in [2.45, 2.75) is 0 Å². The van der Waals surface area contributed by atoms with Crippen molar-refractivity contribution in [1.29, 1.82) is 5.26 Å². The van der Waals surface area contributed by atoms with Gasteiger partial charge in [-0.2, -0.15) is 5.26 Å². The molecule has 0 fully saturated rings. The Kier molecular flexibility index (Phi) is 5.77. The van der Waals surface area contributed by atoms with Gasteiger partial charge in [0.25, 0.3) is 0 Å². The number of nitriles is 1. The number of ether oxygens (including phenoxy) is 1. The number of hydrogen-bond donors (Lipinski definition) is 0. The predicted molar refractivity (Wildman–Crippen MR) is 212 cm³/mol. The average molecular weight is 646 g/mol. The van der Waals surface area contributed by atoms with Crippen LogP contribution in [0.5, 0.6) is 11.5 Å². The number of benzene rings is 10. The molecule has 51 heavy (non-hydrogen) atoms. The van der Waals surface area contributed by atoms with Crippen molar-refractivity contribution >= 4 is 53.9 Å². The minimum atomic E-state index is 0.594. The maximum Gasteiger partial charge on any atom is 0.136 e. The van der Waals surface area contributed by atoms with Gasteiger partial charge in [0.15, 0.2) is 0 Å². The fourth-order valence-corrected chi connectivity index (χ4v) is 8.44. The highest BCUT2D eigenvalue weighted by Gasteiger charge is 2.22. The van der Waals surface area contributed by atoms with Crippen molar-refractivity contribution < 1.29 is 4.74 Å². The molecular weight excluding hydrogens is 619 g/mol. The number of hydrogen-bond acceptors (Lipinski definition) is 2. The first kappa shape index (κ1) is 27.9.